The maximum atomic E-state index is 15.3. The van der Waals surface area contributed by atoms with E-state index in [1.54, 1.807) is 14.0 Å². The van der Waals surface area contributed by atoms with Crippen LogP contribution in [-0.4, -0.2) is 45.4 Å². The molecule has 46 heavy (non-hydrogen) atoms. The van der Waals surface area contributed by atoms with Crippen LogP contribution < -0.4 is 9.47 Å². The molecule has 0 aliphatic carbocycles. The van der Waals surface area contributed by atoms with Gasteiger partial charge in [0.05, 0.1) is 30.2 Å². The van der Waals surface area contributed by atoms with Gasteiger partial charge in [-0.25, -0.2) is 27.2 Å². The first-order valence-electron chi connectivity index (χ1n) is 14.7. The number of ether oxygens (including phenoxy) is 3. The van der Waals surface area contributed by atoms with Crippen molar-refractivity contribution in [3.8, 4) is 28.6 Å². The fourth-order valence-electron chi connectivity index (χ4n) is 5.80. The van der Waals surface area contributed by atoms with Crippen LogP contribution >= 0.6 is 0 Å². The smallest absolute Gasteiger partial charge is 0.306 e. The first kappa shape index (κ1) is 31.1. The molecule has 0 spiro atoms. The monoisotopic (exact) mass is 640 g/mol. The van der Waals surface area contributed by atoms with Crippen LogP contribution in [0.4, 0.5) is 22.0 Å². The Bertz CT molecular complexity index is 1920. The number of hydrogen-bond donors (Lipinski definition) is 1. The molecule has 5 aromatic rings. The molecule has 3 aromatic carbocycles. The molecule has 0 fully saturated rings. The molecule has 13 heteroatoms. The molecule has 1 aliphatic heterocycles. The number of halogens is 5. The number of benzene rings is 3. The van der Waals surface area contributed by atoms with E-state index in [1.807, 2.05) is 18.2 Å². The average Bonchev–Trinajstić information content (AvgIpc) is 3.68. The molecule has 1 unspecified atom stereocenters. The lowest BCUT2D eigenvalue weighted by Crippen LogP contribution is -2.18. The molecule has 1 atom stereocenters. The Labute approximate surface area is 260 Å². The zero-order valence-electron chi connectivity index (χ0n) is 24.9. The van der Waals surface area contributed by atoms with Gasteiger partial charge in [-0.15, -0.1) is 0 Å². The molecule has 8 nitrogen and oxygen atoms in total. The van der Waals surface area contributed by atoms with Crippen molar-refractivity contribution >= 4 is 16.9 Å². The maximum Gasteiger partial charge on any atom is 0.306 e. The highest BCUT2D eigenvalue weighted by Crippen LogP contribution is 2.41. The number of fused-ring (bicyclic) bond motifs is 2. The number of alkyl halides is 2. The van der Waals surface area contributed by atoms with Crippen LogP contribution in [0.15, 0.2) is 48.7 Å². The number of hydrogen-bond acceptors (Lipinski definition) is 6. The summed E-state index contributed by atoms with van der Waals surface area (Å²) in [6.45, 7) is 2.41. The summed E-state index contributed by atoms with van der Waals surface area (Å²) in [7, 11) is 1.59. The van der Waals surface area contributed by atoms with Crippen LogP contribution in [0.5, 0.6) is 17.2 Å². The van der Waals surface area contributed by atoms with Crippen LogP contribution in [0, 0.1) is 17.5 Å². The number of carbonyl (C=O) groups is 1. The maximum absolute atomic E-state index is 15.3. The van der Waals surface area contributed by atoms with E-state index in [0.717, 1.165) is 17.2 Å². The molecule has 0 saturated carbocycles. The van der Waals surface area contributed by atoms with E-state index in [-0.39, 0.29) is 51.9 Å². The molecule has 0 bridgehead atoms. The third-order valence-corrected chi connectivity index (χ3v) is 7.87. The Hall–Kier alpha value is -4.94. The normalized spacial score (nSPS) is 14.4. The van der Waals surface area contributed by atoms with Crippen LogP contribution in [0.25, 0.3) is 22.3 Å². The molecule has 3 heterocycles. The fraction of sp³-hybridized carbons (Fsp3) is 0.303. The molecule has 0 saturated heterocycles. The summed E-state index contributed by atoms with van der Waals surface area (Å²) in [5.41, 5.74) is 1.14. The van der Waals surface area contributed by atoms with Crippen molar-refractivity contribution < 1.29 is 41.0 Å². The molecule has 0 amide bonds. The second-order valence-electron chi connectivity index (χ2n) is 10.8. The number of aromatic amines is 1. The number of aromatic nitrogens is 4. The van der Waals surface area contributed by atoms with Crippen molar-refractivity contribution in [1.29, 1.82) is 0 Å². The van der Waals surface area contributed by atoms with E-state index in [1.165, 1.54) is 29.1 Å². The van der Waals surface area contributed by atoms with E-state index in [0.29, 0.717) is 37.6 Å². The summed E-state index contributed by atoms with van der Waals surface area (Å²) >= 11 is 0. The van der Waals surface area contributed by atoms with E-state index in [4.69, 9.17) is 14.2 Å². The minimum atomic E-state index is -2.87. The molecular formula is C33H29F5N4O4. The molecule has 1 N–H and O–H groups in total. The predicted octanol–water partition coefficient (Wildman–Crippen LogP) is 7.39. The van der Waals surface area contributed by atoms with Crippen molar-refractivity contribution in [3.63, 3.8) is 0 Å². The Kier molecular flexibility index (Phi) is 8.65. The number of esters is 1. The van der Waals surface area contributed by atoms with E-state index < -0.39 is 36.0 Å². The van der Waals surface area contributed by atoms with Crippen molar-refractivity contribution in [1.82, 2.24) is 19.7 Å². The number of H-pyrrole nitrogens is 1. The van der Waals surface area contributed by atoms with E-state index >= 15 is 8.78 Å². The number of carbonyl (C=O) groups excluding carboxylic acids is 1. The topological polar surface area (TPSA) is 91.3 Å². The Morgan fingerprint density at radius 2 is 1.98 bits per heavy atom. The van der Waals surface area contributed by atoms with E-state index in [2.05, 4.69) is 15.1 Å². The van der Waals surface area contributed by atoms with Gasteiger partial charge < -0.3 is 19.2 Å². The van der Waals surface area contributed by atoms with Gasteiger partial charge >= 0.3 is 5.97 Å². The number of aryl methyl sites for hydroxylation is 2. The van der Waals surface area contributed by atoms with Gasteiger partial charge in [-0.1, -0.05) is 18.2 Å². The lowest BCUT2D eigenvalue weighted by Gasteiger charge is -2.26. The summed E-state index contributed by atoms with van der Waals surface area (Å²) in [5, 5.41) is 4.62. The van der Waals surface area contributed by atoms with Gasteiger partial charge in [0.25, 0.3) is 0 Å². The highest BCUT2D eigenvalue weighted by Gasteiger charge is 2.30. The third kappa shape index (κ3) is 5.88. The summed E-state index contributed by atoms with van der Waals surface area (Å²) in [6.07, 6.45) is -1.28. The van der Waals surface area contributed by atoms with Crippen molar-refractivity contribution in [2.75, 3.05) is 13.2 Å². The predicted molar refractivity (Wildman–Crippen MR) is 158 cm³/mol. The van der Waals surface area contributed by atoms with Crippen molar-refractivity contribution in [3.05, 3.63) is 88.6 Å². The van der Waals surface area contributed by atoms with Crippen molar-refractivity contribution in [2.24, 2.45) is 7.05 Å². The lowest BCUT2D eigenvalue weighted by atomic mass is 9.90. The van der Waals surface area contributed by atoms with Crippen LogP contribution in [0.2, 0.25) is 0 Å². The molecule has 6 rings (SSSR count). The number of rotatable bonds is 10. The zero-order chi connectivity index (χ0) is 32.5. The van der Waals surface area contributed by atoms with Gasteiger partial charge in [0.15, 0.2) is 23.2 Å². The summed E-state index contributed by atoms with van der Waals surface area (Å²) in [5.74, 6) is -3.67. The van der Waals surface area contributed by atoms with Crippen molar-refractivity contribution in [2.45, 2.75) is 45.0 Å². The van der Waals surface area contributed by atoms with Crippen LogP contribution in [-0.2, 0) is 29.4 Å². The van der Waals surface area contributed by atoms with Gasteiger partial charge in [-0.2, -0.15) is 9.49 Å². The molecule has 240 valence electrons. The van der Waals surface area contributed by atoms with Gasteiger partial charge in [0.1, 0.15) is 17.3 Å². The Morgan fingerprint density at radius 3 is 2.76 bits per heavy atom. The molecule has 2 aromatic heterocycles. The minimum absolute atomic E-state index is 0.0479. The van der Waals surface area contributed by atoms with Gasteiger partial charge in [0.2, 0.25) is 12.2 Å². The molecule has 0 radical (unpaired) electrons. The molecule has 1 aliphatic rings. The second kappa shape index (κ2) is 12.8. The first-order valence-corrected chi connectivity index (χ1v) is 14.7. The highest BCUT2D eigenvalue weighted by molar-refractivity contribution is 5.86. The summed E-state index contributed by atoms with van der Waals surface area (Å²) in [4.78, 5) is 19.1. The van der Waals surface area contributed by atoms with Crippen LogP contribution in [0.1, 0.15) is 48.2 Å². The van der Waals surface area contributed by atoms with E-state index in [9.17, 15) is 18.0 Å². The summed E-state index contributed by atoms with van der Waals surface area (Å²) in [6, 6.07) is 10.5. The largest absolute Gasteiger partial charge is 0.493 e. The Morgan fingerprint density at radius 1 is 1.15 bits per heavy atom. The van der Waals surface area contributed by atoms with Gasteiger partial charge in [0, 0.05) is 42.6 Å². The number of nitrogens with one attached hydrogen (secondary N) is 1. The van der Waals surface area contributed by atoms with Crippen LogP contribution in [0.3, 0.4) is 0 Å². The molecular weight excluding hydrogens is 611 g/mol. The third-order valence-electron chi connectivity index (χ3n) is 7.87. The SMILES string of the molecule is CCOC(=O)CCc1cccc2c1OCCC2c1nc(-c2cc(Oc3c(F)c(F)c4[nH]ccc4c3CC(F)F)ccc2F)n(C)n1. The number of para-hydroxylation sites is 1. The minimum Gasteiger partial charge on any atom is -0.493 e. The van der Waals surface area contributed by atoms with Gasteiger partial charge in [-0.3, -0.25) is 4.79 Å². The highest BCUT2D eigenvalue weighted by atomic mass is 19.3. The standard InChI is InChI=1S/C33H29F5N4O4/c1-3-44-26(43)10-7-17-5-4-6-20-21(12-14-45-30(17)20)32-40-33(42(2)41-32)23-15-18(8-9-24(23)34)46-31-22(16-25(35)36)19-11-13-39-29(19)27(37)28(31)38/h4-6,8-9,11,13,15,21,25,39H,3,7,10,12,14,16H2,1-2H3. The lowest BCUT2D eigenvalue weighted by molar-refractivity contribution is -0.143. The number of nitrogens with zero attached hydrogens (tertiary/aromatic N) is 3. The van der Waals surface area contributed by atoms with Gasteiger partial charge in [-0.05, 0) is 49.6 Å². The Balaban J connectivity index is 1.33. The quantitative estimate of drug-likeness (QED) is 0.127. The fourth-order valence-corrected chi connectivity index (χ4v) is 5.80. The first-order chi connectivity index (χ1) is 22.2. The second-order valence-corrected chi connectivity index (χ2v) is 10.8. The summed E-state index contributed by atoms with van der Waals surface area (Å²) < 4.78 is 90.3. The zero-order valence-corrected chi connectivity index (χ0v) is 24.9. The average molecular weight is 641 g/mol.